The molecule has 0 radical (unpaired) electrons. The van der Waals surface area contributed by atoms with Crippen LogP contribution >= 0.6 is 11.3 Å². The maximum atomic E-state index is 5.27. The molecule has 13 aromatic rings. The molecule has 0 amide bonds. The van der Waals surface area contributed by atoms with E-state index in [1.54, 1.807) is 11.3 Å². The molecule has 13 rings (SSSR count). The molecule has 0 aliphatic rings. The fourth-order valence-corrected chi connectivity index (χ4v) is 10.7. The first-order chi connectivity index (χ1) is 31.2. The van der Waals surface area contributed by atoms with E-state index >= 15 is 0 Å². The average Bonchev–Trinajstić information content (AvgIpc) is 4.01. The summed E-state index contributed by atoms with van der Waals surface area (Å²) in [5.41, 5.74) is 15.8. The number of nitrogens with zero attached hydrogens (tertiary/aromatic N) is 4. The monoisotopic (exact) mass is 820 g/mol. The zero-order valence-corrected chi connectivity index (χ0v) is 34.8. The fraction of sp³-hybridized carbons (Fsp3) is 0. The average molecular weight is 821 g/mol. The van der Waals surface area contributed by atoms with Crippen LogP contribution in [-0.2, 0) is 0 Å². The summed E-state index contributed by atoms with van der Waals surface area (Å²) >= 11 is 1.77. The van der Waals surface area contributed by atoms with Crippen LogP contribution in [0.3, 0.4) is 0 Å². The van der Waals surface area contributed by atoms with E-state index in [1.165, 1.54) is 59.4 Å². The minimum Gasteiger partial charge on any atom is -0.309 e. The van der Waals surface area contributed by atoms with E-state index in [0.29, 0.717) is 0 Å². The van der Waals surface area contributed by atoms with Crippen LogP contribution in [0.2, 0.25) is 0 Å². The molecule has 0 fully saturated rings. The minimum absolute atomic E-state index is 0.735. The zero-order chi connectivity index (χ0) is 41.4. The lowest BCUT2D eigenvalue weighted by atomic mass is 9.98. The van der Waals surface area contributed by atoms with Gasteiger partial charge in [-0.3, -0.25) is 0 Å². The maximum absolute atomic E-state index is 5.27. The van der Waals surface area contributed by atoms with Gasteiger partial charge >= 0.3 is 0 Å². The summed E-state index contributed by atoms with van der Waals surface area (Å²) in [6.07, 6.45) is 0. The van der Waals surface area contributed by atoms with E-state index in [9.17, 15) is 0 Å². The van der Waals surface area contributed by atoms with Crippen LogP contribution in [-0.4, -0.2) is 19.1 Å². The Morgan fingerprint density at radius 2 is 0.746 bits per heavy atom. The van der Waals surface area contributed by atoms with Crippen molar-refractivity contribution in [1.82, 2.24) is 19.1 Å². The van der Waals surface area contributed by atoms with Gasteiger partial charge in [-0.15, -0.1) is 11.3 Å². The van der Waals surface area contributed by atoms with Gasteiger partial charge in [0, 0.05) is 54.1 Å². The molecular formula is C58H36N4S. The van der Waals surface area contributed by atoms with E-state index in [4.69, 9.17) is 9.97 Å². The van der Waals surface area contributed by atoms with Gasteiger partial charge in [-0.25, -0.2) is 9.97 Å². The summed E-state index contributed by atoms with van der Waals surface area (Å²) in [7, 11) is 0. The van der Waals surface area contributed by atoms with Gasteiger partial charge in [0.1, 0.15) is 0 Å². The van der Waals surface area contributed by atoms with E-state index in [2.05, 4.69) is 209 Å². The Hall–Kier alpha value is -8.12. The van der Waals surface area contributed by atoms with Crippen molar-refractivity contribution in [3.63, 3.8) is 0 Å². The molecule has 0 atom stereocenters. The third-order valence-electron chi connectivity index (χ3n) is 12.5. The fourth-order valence-electron chi connectivity index (χ4n) is 9.58. The number of para-hydroxylation sites is 3. The van der Waals surface area contributed by atoms with Crippen LogP contribution < -0.4 is 0 Å². The molecular weight excluding hydrogens is 785 g/mol. The number of hydrogen-bond donors (Lipinski definition) is 0. The summed E-state index contributed by atoms with van der Waals surface area (Å²) in [5.74, 6) is 0.735. The summed E-state index contributed by atoms with van der Waals surface area (Å²) in [6, 6.07) is 78.6. The van der Waals surface area contributed by atoms with E-state index in [-0.39, 0.29) is 0 Å². The number of thiophene rings is 1. The zero-order valence-electron chi connectivity index (χ0n) is 34.0. The Kier molecular flexibility index (Phi) is 8.05. The van der Waals surface area contributed by atoms with Gasteiger partial charge in [0.25, 0.3) is 0 Å². The molecule has 63 heavy (non-hydrogen) atoms. The summed E-state index contributed by atoms with van der Waals surface area (Å²) in [4.78, 5) is 10.4. The van der Waals surface area contributed by atoms with Crippen LogP contribution in [0.4, 0.5) is 0 Å². The van der Waals surface area contributed by atoms with E-state index < -0.39 is 0 Å². The van der Waals surface area contributed by atoms with Gasteiger partial charge in [-0.1, -0.05) is 140 Å². The molecule has 4 nitrogen and oxygen atoms in total. The first kappa shape index (κ1) is 35.6. The van der Waals surface area contributed by atoms with Crippen molar-refractivity contribution in [2.45, 2.75) is 0 Å². The van der Waals surface area contributed by atoms with E-state index in [0.717, 1.165) is 60.7 Å². The number of hydrogen-bond acceptors (Lipinski definition) is 3. The predicted molar refractivity (Wildman–Crippen MR) is 265 cm³/mol. The number of aromatic nitrogens is 4. The normalized spacial score (nSPS) is 11.8. The van der Waals surface area contributed by atoms with E-state index in [1.807, 2.05) is 18.2 Å². The highest BCUT2D eigenvalue weighted by atomic mass is 32.1. The third-order valence-corrected chi connectivity index (χ3v) is 13.7. The van der Waals surface area contributed by atoms with Crippen molar-refractivity contribution in [2.75, 3.05) is 0 Å². The number of fused-ring (bicyclic) bond motifs is 9. The SMILES string of the molecule is c1ccc(-c2nc(-c3ccccc3)c3sc4ccc(-c5ccc6c(c5)c5cc(-c7ccc8c(c7)c7ccccc7n8-c7ccccc7)ccc5n6-c5ccccc5)cc4c3n2)cc1. The van der Waals surface area contributed by atoms with Crippen LogP contribution in [0, 0.1) is 0 Å². The van der Waals surface area contributed by atoms with Crippen LogP contribution in [0.25, 0.3) is 120 Å². The Labute approximate surface area is 367 Å². The second kappa shape index (κ2) is 14.2. The van der Waals surface area contributed by atoms with Crippen molar-refractivity contribution in [1.29, 1.82) is 0 Å². The number of rotatable bonds is 6. The second-order valence-corrected chi connectivity index (χ2v) is 17.2. The standard InChI is InChI=1S/C58H36N4S/c1-5-15-37(16-6-1)55-57-56(60-58(59-55)38-17-7-2-8-18-38)49-36-42(28-32-54(49)63-57)41-27-31-53-48(35-41)47-34-40(26-30-52(47)62(53)44-21-11-4-12-22-44)39-25-29-51-46(33-39)45-23-13-14-24-50(45)61(51)43-19-9-3-10-20-43/h1-36H. The predicted octanol–water partition coefficient (Wildman–Crippen LogP) is 15.7. The summed E-state index contributed by atoms with van der Waals surface area (Å²) in [6.45, 7) is 0. The van der Waals surface area contributed by atoms with Gasteiger partial charge < -0.3 is 9.13 Å². The molecule has 0 unspecified atom stereocenters. The molecule has 9 aromatic carbocycles. The third kappa shape index (κ3) is 5.74. The first-order valence-corrected chi connectivity index (χ1v) is 22.1. The first-order valence-electron chi connectivity index (χ1n) is 21.3. The molecule has 0 bridgehead atoms. The molecule has 0 aliphatic carbocycles. The van der Waals surface area contributed by atoms with Crippen molar-refractivity contribution in [3.8, 4) is 56.3 Å². The largest absolute Gasteiger partial charge is 0.309 e. The summed E-state index contributed by atoms with van der Waals surface area (Å²) in [5, 5.41) is 6.07. The van der Waals surface area contributed by atoms with Crippen LogP contribution in [0.5, 0.6) is 0 Å². The molecule has 0 saturated carbocycles. The highest BCUT2D eigenvalue weighted by Crippen LogP contribution is 2.43. The van der Waals surface area contributed by atoms with Crippen LogP contribution in [0.15, 0.2) is 218 Å². The van der Waals surface area contributed by atoms with Gasteiger partial charge in [-0.05, 0) is 101 Å². The maximum Gasteiger partial charge on any atom is 0.160 e. The van der Waals surface area contributed by atoms with Crippen molar-refractivity contribution in [3.05, 3.63) is 218 Å². The topological polar surface area (TPSA) is 35.6 Å². The lowest BCUT2D eigenvalue weighted by Gasteiger charge is -2.09. The van der Waals surface area contributed by atoms with Crippen molar-refractivity contribution >= 4 is 75.3 Å². The quantitative estimate of drug-likeness (QED) is 0.167. The molecule has 0 saturated heterocycles. The highest BCUT2D eigenvalue weighted by Gasteiger charge is 2.20. The second-order valence-electron chi connectivity index (χ2n) is 16.2. The molecule has 0 aliphatic heterocycles. The van der Waals surface area contributed by atoms with Crippen molar-refractivity contribution in [2.24, 2.45) is 0 Å². The molecule has 4 aromatic heterocycles. The molecule has 0 N–H and O–H groups in total. The molecule has 294 valence electrons. The van der Waals surface area contributed by atoms with Gasteiger partial charge in [0.2, 0.25) is 0 Å². The number of benzene rings is 9. The van der Waals surface area contributed by atoms with Crippen LogP contribution in [0.1, 0.15) is 0 Å². The molecule has 4 heterocycles. The summed E-state index contributed by atoms with van der Waals surface area (Å²) < 4.78 is 7.07. The lowest BCUT2D eigenvalue weighted by molar-refractivity contribution is 1.18. The highest BCUT2D eigenvalue weighted by molar-refractivity contribution is 7.26. The van der Waals surface area contributed by atoms with Gasteiger partial charge in [0.15, 0.2) is 5.82 Å². The molecule has 0 spiro atoms. The minimum atomic E-state index is 0.735. The van der Waals surface area contributed by atoms with Gasteiger partial charge in [0.05, 0.1) is 38.0 Å². The van der Waals surface area contributed by atoms with Gasteiger partial charge in [-0.2, -0.15) is 0 Å². The smallest absolute Gasteiger partial charge is 0.160 e. The Bertz CT molecular complexity index is 3890. The Morgan fingerprint density at radius 1 is 0.317 bits per heavy atom. The Morgan fingerprint density at radius 3 is 1.30 bits per heavy atom. The molecule has 5 heteroatoms. The lowest BCUT2D eigenvalue weighted by Crippen LogP contribution is -1.93. The van der Waals surface area contributed by atoms with Crippen molar-refractivity contribution < 1.29 is 0 Å². The Balaban J connectivity index is 0.992.